The number of hydrogen-bond acceptors (Lipinski definition) is 8. The summed E-state index contributed by atoms with van der Waals surface area (Å²) in [6.07, 6.45) is -0.549. The second kappa shape index (κ2) is 17.2. The van der Waals surface area contributed by atoms with Crippen LogP contribution in [0.4, 0.5) is 9.59 Å². The number of benzene rings is 3. The molecule has 3 aromatic rings. The van der Waals surface area contributed by atoms with Crippen LogP contribution in [0.3, 0.4) is 0 Å². The molecule has 270 valence electrons. The zero-order valence-electron chi connectivity index (χ0n) is 31.3. The van der Waals surface area contributed by atoms with Gasteiger partial charge >= 0.3 is 18.2 Å². The van der Waals surface area contributed by atoms with Gasteiger partial charge in [0.2, 0.25) is 0 Å². The molecule has 9 heteroatoms. The number of carbonyl (C=O) groups excluding carboxylic acids is 3. The molecular formula is C41H53NO8. The molecule has 0 saturated carbocycles. The maximum absolute atomic E-state index is 12.9. The van der Waals surface area contributed by atoms with Gasteiger partial charge in [0.05, 0.1) is 18.5 Å². The Bertz CT molecular complexity index is 1590. The Morgan fingerprint density at radius 1 is 0.620 bits per heavy atom. The summed E-state index contributed by atoms with van der Waals surface area (Å²) in [7, 11) is 0. The molecule has 0 saturated heterocycles. The van der Waals surface area contributed by atoms with E-state index in [0.717, 1.165) is 28.7 Å². The SMILES string of the molecule is CCC(=C(c1ccc(OCCN(CCOC(=O)OC(C)(C)C)C(=O)OC(C)(C)C)cc1)c1ccc(OC(=O)C(C)(C)C)cc1)c1ccccc1. The highest BCUT2D eigenvalue weighted by atomic mass is 16.7. The number of hydrogen-bond donors (Lipinski definition) is 0. The molecular weight excluding hydrogens is 634 g/mol. The molecule has 3 aromatic carbocycles. The molecule has 0 heterocycles. The number of allylic oxidation sites excluding steroid dienone is 1. The van der Waals surface area contributed by atoms with Gasteiger partial charge in [-0.25, -0.2) is 9.59 Å². The van der Waals surface area contributed by atoms with Gasteiger partial charge in [-0.15, -0.1) is 0 Å². The summed E-state index contributed by atoms with van der Waals surface area (Å²) in [5.74, 6) is 0.828. The maximum atomic E-state index is 12.9. The van der Waals surface area contributed by atoms with Crippen LogP contribution in [0.25, 0.3) is 11.1 Å². The first-order valence-corrected chi connectivity index (χ1v) is 17.0. The van der Waals surface area contributed by atoms with Crippen LogP contribution in [0, 0.1) is 5.41 Å². The van der Waals surface area contributed by atoms with Crippen molar-refractivity contribution in [3.63, 3.8) is 0 Å². The fourth-order valence-electron chi connectivity index (χ4n) is 4.76. The van der Waals surface area contributed by atoms with Crippen LogP contribution in [0.1, 0.15) is 92.3 Å². The monoisotopic (exact) mass is 687 g/mol. The van der Waals surface area contributed by atoms with Crippen molar-refractivity contribution in [3.8, 4) is 11.5 Å². The minimum absolute atomic E-state index is 0.0564. The third-order valence-corrected chi connectivity index (χ3v) is 7.14. The van der Waals surface area contributed by atoms with E-state index in [2.05, 4.69) is 19.1 Å². The average molecular weight is 688 g/mol. The number of amides is 1. The highest BCUT2D eigenvalue weighted by Gasteiger charge is 2.25. The molecule has 0 aliphatic carbocycles. The normalized spacial score (nSPS) is 12.4. The quantitative estimate of drug-likeness (QED) is 0.105. The summed E-state index contributed by atoms with van der Waals surface area (Å²) in [6, 6.07) is 25.7. The molecule has 0 radical (unpaired) electrons. The summed E-state index contributed by atoms with van der Waals surface area (Å²) in [6.45, 7) is 18.7. The zero-order chi connectivity index (χ0) is 37.1. The van der Waals surface area contributed by atoms with Gasteiger partial charge in [0, 0.05) is 0 Å². The van der Waals surface area contributed by atoms with Crippen molar-refractivity contribution in [3.05, 3.63) is 95.6 Å². The lowest BCUT2D eigenvalue weighted by molar-refractivity contribution is -0.143. The van der Waals surface area contributed by atoms with E-state index in [9.17, 15) is 14.4 Å². The van der Waals surface area contributed by atoms with E-state index in [1.807, 2.05) is 87.5 Å². The molecule has 50 heavy (non-hydrogen) atoms. The van der Waals surface area contributed by atoms with Gasteiger partial charge in [-0.2, -0.15) is 0 Å². The molecule has 0 bridgehead atoms. The largest absolute Gasteiger partial charge is 0.508 e. The van der Waals surface area contributed by atoms with Crippen molar-refractivity contribution in [1.82, 2.24) is 4.90 Å². The fourth-order valence-corrected chi connectivity index (χ4v) is 4.76. The second-order valence-electron chi connectivity index (χ2n) is 14.9. The molecule has 0 aliphatic heterocycles. The molecule has 0 aromatic heterocycles. The van der Waals surface area contributed by atoms with E-state index in [1.54, 1.807) is 41.5 Å². The average Bonchev–Trinajstić information content (AvgIpc) is 3.02. The summed E-state index contributed by atoms with van der Waals surface area (Å²) in [5, 5.41) is 0. The summed E-state index contributed by atoms with van der Waals surface area (Å²) in [4.78, 5) is 38.9. The van der Waals surface area contributed by atoms with Gasteiger partial charge in [0.25, 0.3) is 0 Å². The second-order valence-corrected chi connectivity index (χ2v) is 14.9. The first kappa shape index (κ1) is 39.6. The highest BCUT2D eigenvalue weighted by molar-refractivity contribution is 5.98. The van der Waals surface area contributed by atoms with E-state index < -0.39 is 28.9 Å². The van der Waals surface area contributed by atoms with Crippen LogP contribution in [-0.4, -0.2) is 60.6 Å². The minimum atomic E-state index is -0.801. The van der Waals surface area contributed by atoms with Gasteiger partial charge in [-0.05, 0) is 121 Å². The van der Waals surface area contributed by atoms with Crippen molar-refractivity contribution in [1.29, 1.82) is 0 Å². The van der Waals surface area contributed by atoms with Crippen molar-refractivity contribution < 1.29 is 38.1 Å². The lowest BCUT2D eigenvalue weighted by atomic mass is 9.88. The van der Waals surface area contributed by atoms with Crippen LogP contribution >= 0.6 is 0 Å². The molecule has 0 unspecified atom stereocenters. The van der Waals surface area contributed by atoms with Crippen LogP contribution < -0.4 is 9.47 Å². The van der Waals surface area contributed by atoms with Crippen molar-refractivity contribution in [2.75, 3.05) is 26.3 Å². The summed E-state index contributed by atoms with van der Waals surface area (Å²) >= 11 is 0. The molecule has 1 amide bonds. The molecule has 0 spiro atoms. The van der Waals surface area contributed by atoms with Crippen LogP contribution in [-0.2, 0) is 19.0 Å². The highest BCUT2D eigenvalue weighted by Crippen LogP contribution is 2.36. The Hall–Kier alpha value is -4.79. The van der Waals surface area contributed by atoms with Gasteiger partial charge < -0.3 is 28.6 Å². The maximum Gasteiger partial charge on any atom is 0.508 e. The molecule has 0 fully saturated rings. The Balaban J connectivity index is 1.80. The molecule has 0 atom stereocenters. The first-order chi connectivity index (χ1) is 23.4. The van der Waals surface area contributed by atoms with Gasteiger partial charge in [-0.1, -0.05) is 61.5 Å². The van der Waals surface area contributed by atoms with E-state index in [-0.39, 0.29) is 32.3 Å². The van der Waals surface area contributed by atoms with Crippen molar-refractivity contribution >= 4 is 29.4 Å². The Morgan fingerprint density at radius 3 is 1.64 bits per heavy atom. The van der Waals surface area contributed by atoms with Gasteiger partial charge in [0.1, 0.15) is 35.9 Å². The van der Waals surface area contributed by atoms with Crippen LogP contribution in [0.15, 0.2) is 78.9 Å². The van der Waals surface area contributed by atoms with Crippen molar-refractivity contribution in [2.24, 2.45) is 5.41 Å². The first-order valence-electron chi connectivity index (χ1n) is 17.0. The van der Waals surface area contributed by atoms with Crippen molar-refractivity contribution in [2.45, 2.75) is 86.9 Å². The van der Waals surface area contributed by atoms with Crippen LogP contribution in [0.5, 0.6) is 11.5 Å². The van der Waals surface area contributed by atoms with Gasteiger partial charge in [-0.3, -0.25) is 4.79 Å². The van der Waals surface area contributed by atoms with E-state index in [1.165, 1.54) is 10.5 Å². The molecule has 9 nitrogen and oxygen atoms in total. The van der Waals surface area contributed by atoms with E-state index >= 15 is 0 Å². The summed E-state index contributed by atoms with van der Waals surface area (Å²) < 4.78 is 27.6. The number of carbonyl (C=O) groups is 3. The zero-order valence-corrected chi connectivity index (χ0v) is 31.3. The predicted octanol–water partition coefficient (Wildman–Crippen LogP) is 9.57. The van der Waals surface area contributed by atoms with E-state index in [0.29, 0.717) is 11.5 Å². The topological polar surface area (TPSA) is 101 Å². The number of esters is 1. The third-order valence-electron chi connectivity index (χ3n) is 7.14. The fraction of sp³-hybridized carbons (Fsp3) is 0.439. The number of ether oxygens (including phenoxy) is 5. The lowest BCUT2D eigenvalue weighted by Gasteiger charge is -2.27. The van der Waals surface area contributed by atoms with Crippen LogP contribution in [0.2, 0.25) is 0 Å². The number of nitrogens with zero attached hydrogens (tertiary/aromatic N) is 1. The molecule has 0 aliphatic rings. The summed E-state index contributed by atoms with van der Waals surface area (Å²) in [5.41, 5.74) is 3.32. The van der Waals surface area contributed by atoms with Gasteiger partial charge in [0.15, 0.2) is 0 Å². The Labute approximate surface area is 297 Å². The molecule has 0 N–H and O–H groups in total. The number of rotatable bonds is 12. The minimum Gasteiger partial charge on any atom is -0.492 e. The lowest BCUT2D eigenvalue weighted by Crippen LogP contribution is -2.41. The Kier molecular flexibility index (Phi) is 13.7. The predicted molar refractivity (Wildman–Crippen MR) is 196 cm³/mol. The molecule has 3 rings (SSSR count). The smallest absolute Gasteiger partial charge is 0.492 e. The van der Waals surface area contributed by atoms with E-state index in [4.69, 9.17) is 23.7 Å². The third kappa shape index (κ3) is 12.9. The Morgan fingerprint density at radius 2 is 1.14 bits per heavy atom. The standard InChI is InChI=1S/C41H53NO8/c1-11-34(29-15-13-12-14-16-29)35(31-19-23-33(24-20-31)48-36(43)39(2,3)4)30-17-21-32(22-18-30)46-27-25-42(37(44)49-40(5,6)7)26-28-47-38(45)50-41(8,9)10/h12-24H,11,25-28H2,1-10H3.